The van der Waals surface area contributed by atoms with E-state index in [-0.39, 0.29) is 11.7 Å². The summed E-state index contributed by atoms with van der Waals surface area (Å²) in [5, 5.41) is 2.68. The number of rotatable bonds is 3. The normalized spacial score (nSPS) is 14.4. The molecule has 0 rings (SSSR count). The minimum absolute atomic E-state index is 0.0347. The Morgan fingerprint density at radius 3 is 2.00 bits per heavy atom. The number of ether oxygens (including phenoxy) is 2. The Hall–Kier alpha value is -0.770. The van der Waals surface area contributed by atoms with Crippen molar-refractivity contribution < 1.29 is 14.3 Å². The Kier molecular flexibility index (Phi) is 5.26. The van der Waals surface area contributed by atoms with Crippen LogP contribution in [-0.4, -0.2) is 29.9 Å². The van der Waals surface area contributed by atoms with Crippen molar-refractivity contribution in [3.05, 3.63) is 0 Å². The minimum Gasteiger partial charge on any atom is -0.444 e. The predicted molar refractivity (Wildman–Crippen MR) is 64.5 cm³/mol. The zero-order valence-corrected chi connectivity index (χ0v) is 11.5. The number of amides is 1. The number of hydrogen-bond donors (Lipinski definition) is 1. The average Bonchev–Trinajstić information content (AvgIpc) is 1.94. The van der Waals surface area contributed by atoms with Crippen molar-refractivity contribution in [2.75, 3.05) is 6.54 Å². The van der Waals surface area contributed by atoms with Crippen molar-refractivity contribution in [1.82, 2.24) is 5.32 Å². The van der Waals surface area contributed by atoms with Gasteiger partial charge in [-0.05, 0) is 48.5 Å². The first-order valence-corrected chi connectivity index (χ1v) is 5.64. The van der Waals surface area contributed by atoms with E-state index in [0.717, 1.165) is 0 Å². The van der Waals surface area contributed by atoms with Gasteiger partial charge in [-0.25, -0.2) is 4.79 Å². The molecule has 16 heavy (non-hydrogen) atoms. The molecule has 0 saturated carbocycles. The molecule has 0 aromatic carbocycles. The van der Waals surface area contributed by atoms with Crippen molar-refractivity contribution in [1.29, 1.82) is 0 Å². The summed E-state index contributed by atoms with van der Waals surface area (Å²) in [6.45, 7) is 13.8. The van der Waals surface area contributed by atoms with Crippen LogP contribution in [0.1, 0.15) is 48.5 Å². The lowest BCUT2D eigenvalue weighted by atomic mass is 10.2. The van der Waals surface area contributed by atoms with Crippen LogP contribution in [0.2, 0.25) is 0 Å². The summed E-state index contributed by atoms with van der Waals surface area (Å²) < 4.78 is 10.8. The van der Waals surface area contributed by atoms with E-state index >= 15 is 0 Å². The van der Waals surface area contributed by atoms with Gasteiger partial charge in [0.15, 0.2) is 0 Å². The fourth-order valence-electron chi connectivity index (χ4n) is 1.19. The summed E-state index contributed by atoms with van der Waals surface area (Å²) in [5.74, 6) is 0. The molecule has 0 bridgehead atoms. The topological polar surface area (TPSA) is 47.6 Å². The highest BCUT2D eigenvalue weighted by molar-refractivity contribution is 5.67. The SMILES string of the molecule is CC(CNC(=O)OC(C)(C)C)OC(C)(C)C. The summed E-state index contributed by atoms with van der Waals surface area (Å²) in [6, 6.07) is 0. The van der Waals surface area contributed by atoms with Crippen LogP contribution in [0.25, 0.3) is 0 Å². The maximum Gasteiger partial charge on any atom is 0.407 e. The van der Waals surface area contributed by atoms with E-state index in [9.17, 15) is 4.79 Å². The van der Waals surface area contributed by atoms with Gasteiger partial charge in [-0.15, -0.1) is 0 Å². The molecule has 1 amide bonds. The summed E-state index contributed by atoms with van der Waals surface area (Å²) in [4.78, 5) is 11.3. The van der Waals surface area contributed by atoms with Gasteiger partial charge in [0.1, 0.15) is 5.60 Å². The molecule has 0 aromatic heterocycles. The lowest BCUT2D eigenvalue weighted by molar-refractivity contribution is -0.0506. The Morgan fingerprint density at radius 2 is 1.62 bits per heavy atom. The van der Waals surface area contributed by atoms with Crippen LogP contribution in [0, 0.1) is 0 Å². The van der Waals surface area contributed by atoms with Crippen LogP contribution in [0.15, 0.2) is 0 Å². The largest absolute Gasteiger partial charge is 0.444 e. The second-order valence-electron chi connectivity index (χ2n) is 5.92. The van der Waals surface area contributed by atoms with Gasteiger partial charge in [-0.3, -0.25) is 0 Å². The fourth-order valence-corrected chi connectivity index (χ4v) is 1.19. The summed E-state index contributed by atoms with van der Waals surface area (Å²) in [6.07, 6.45) is -0.440. The second kappa shape index (κ2) is 5.53. The van der Waals surface area contributed by atoms with Crippen molar-refractivity contribution in [3.63, 3.8) is 0 Å². The highest BCUT2D eigenvalue weighted by Crippen LogP contribution is 2.10. The molecule has 0 aliphatic carbocycles. The third kappa shape index (κ3) is 9.77. The third-order valence-corrected chi connectivity index (χ3v) is 1.49. The Labute approximate surface area is 98.7 Å². The van der Waals surface area contributed by atoms with Crippen molar-refractivity contribution in [2.24, 2.45) is 0 Å². The van der Waals surface area contributed by atoms with Crippen LogP contribution in [-0.2, 0) is 9.47 Å². The maximum atomic E-state index is 11.3. The fraction of sp³-hybridized carbons (Fsp3) is 0.917. The number of hydrogen-bond acceptors (Lipinski definition) is 3. The van der Waals surface area contributed by atoms with Crippen LogP contribution in [0.5, 0.6) is 0 Å². The molecule has 0 saturated heterocycles. The third-order valence-electron chi connectivity index (χ3n) is 1.49. The Balaban J connectivity index is 3.85. The zero-order valence-electron chi connectivity index (χ0n) is 11.5. The van der Waals surface area contributed by atoms with Crippen molar-refractivity contribution >= 4 is 6.09 Å². The highest BCUT2D eigenvalue weighted by atomic mass is 16.6. The first-order chi connectivity index (χ1) is 6.99. The molecule has 1 atom stereocenters. The Morgan fingerprint density at radius 1 is 1.12 bits per heavy atom. The minimum atomic E-state index is -0.460. The molecule has 0 spiro atoms. The van der Waals surface area contributed by atoms with Gasteiger partial charge in [-0.1, -0.05) is 0 Å². The van der Waals surface area contributed by atoms with Gasteiger partial charge in [-0.2, -0.15) is 0 Å². The molecule has 96 valence electrons. The van der Waals surface area contributed by atoms with Crippen molar-refractivity contribution in [3.8, 4) is 0 Å². The second-order valence-corrected chi connectivity index (χ2v) is 5.92. The molecule has 0 aromatic rings. The van der Waals surface area contributed by atoms with E-state index in [1.54, 1.807) is 0 Å². The van der Waals surface area contributed by atoms with Crippen molar-refractivity contribution in [2.45, 2.75) is 65.8 Å². The van der Waals surface area contributed by atoms with Gasteiger partial charge >= 0.3 is 6.09 Å². The Bertz CT molecular complexity index is 225. The monoisotopic (exact) mass is 231 g/mol. The summed E-state index contributed by atoms with van der Waals surface area (Å²) in [7, 11) is 0. The number of alkyl carbamates (subject to hydrolysis) is 1. The quantitative estimate of drug-likeness (QED) is 0.812. The molecular weight excluding hydrogens is 206 g/mol. The molecule has 1 N–H and O–H groups in total. The van der Waals surface area contributed by atoms with E-state index in [1.807, 2.05) is 48.5 Å². The van der Waals surface area contributed by atoms with Gasteiger partial charge < -0.3 is 14.8 Å². The van der Waals surface area contributed by atoms with Crippen LogP contribution in [0.4, 0.5) is 4.79 Å². The molecule has 0 aliphatic rings. The molecule has 1 unspecified atom stereocenters. The summed E-state index contributed by atoms with van der Waals surface area (Å²) >= 11 is 0. The highest BCUT2D eigenvalue weighted by Gasteiger charge is 2.18. The molecule has 0 heterocycles. The lowest BCUT2D eigenvalue weighted by Crippen LogP contribution is -2.39. The number of carbonyl (C=O) groups is 1. The number of nitrogens with one attached hydrogen (secondary N) is 1. The maximum absolute atomic E-state index is 11.3. The van der Waals surface area contributed by atoms with Crippen LogP contribution < -0.4 is 5.32 Å². The van der Waals surface area contributed by atoms with Crippen LogP contribution in [0.3, 0.4) is 0 Å². The van der Waals surface area contributed by atoms with E-state index in [2.05, 4.69) is 5.32 Å². The van der Waals surface area contributed by atoms with E-state index in [4.69, 9.17) is 9.47 Å². The van der Waals surface area contributed by atoms with E-state index in [0.29, 0.717) is 6.54 Å². The zero-order chi connectivity index (χ0) is 13.0. The smallest absolute Gasteiger partial charge is 0.407 e. The van der Waals surface area contributed by atoms with E-state index in [1.165, 1.54) is 0 Å². The number of carbonyl (C=O) groups excluding carboxylic acids is 1. The van der Waals surface area contributed by atoms with Gasteiger partial charge in [0.2, 0.25) is 0 Å². The standard InChI is InChI=1S/C12H25NO3/c1-9(15-11(2,3)4)8-13-10(14)16-12(5,6)7/h9H,8H2,1-7H3,(H,13,14). The molecule has 0 fully saturated rings. The lowest BCUT2D eigenvalue weighted by Gasteiger charge is -2.26. The van der Waals surface area contributed by atoms with Gasteiger partial charge in [0.25, 0.3) is 0 Å². The van der Waals surface area contributed by atoms with Crippen LogP contribution >= 0.6 is 0 Å². The first-order valence-electron chi connectivity index (χ1n) is 5.64. The first kappa shape index (κ1) is 15.2. The molecular formula is C12H25NO3. The molecule has 0 radical (unpaired) electrons. The molecule has 4 nitrogen and oxygen atoms in total. The molecule has 0 aliphatic heterocycles. The van der Waals surface area contributed by atoms with E-state index < -0.39 is 11.7 Å². The molecule has 4 heteroatoms. The average molecular weight is 231 g/mol. The van der Waals surface area contributed by atoms with Gasteiger partial charge in [0.05, 0.1) is 11.7 Å². The summed E-state index contributed by atoms with van der Waals surface area (Å²) in [5.41, 5.74) is -0.659. The van der Waals surface area contributed by atoms with Gasteiger partial charge in [0, 0.05) is 6.54 Å². The predicted octanol–water partition coefficient (Wildman–Crippen LogP) is 2.71.